The first kappa shape index (κ1) is 23.4. The lowest BCUT2D eigenvalue weighted by atomic mass is 9.64. The molecule has 0 aliphatic carbocycles. The summed E-state index contributed by atoms with van der Waals surface area (Å²) in [6.07, 6.45) is 0. The van der Waals surface area contributed by atoms with Crippen LogP contribution in [0.2, 0.25) is 0 Å². The maximum Gasteiger partial charge on any atom is 0.146 e. The normalized spacial score (nSPS) is 28.7. The van der Waals surface area contributed by atoms with Crippen LogP contribution in [-0.4, -0.2) is 14.6 Å². The smallest absolute Gasteiger partial charge is 0.146 e. The van der Waals surface area contributed by atoms with Crippen LogP contribution >= 0.6 is 23.6 Å². The minimum Gasteiger partial charge on any atom is -0.299 e. The van der Waals surface area contributed by atoms with Crippen LogP contribution in [-0.2, 0) is 4.79 Å². The Morgan fingerprint density at radius 1 is 0.417 bits per heavy atom. The number of hydrogen-bond donors (Lipinski definition) is 0. The molecule has 0 spiro atoms. The van der Waals surface area contributed by atoms with Gasteiger partial charge in [0.2, 0.25) is 0 Å². The summed E-state index contributed by atoms with van der Waals surface area (Å²) in [7, 11) is 0. The Bertz CT molecular complexity index is 1120. The Morgan fingerprint density at radius 2 is 0.639 bits per heavy atom. The van der Waals surface area contributed by atoms with Gasteiger partial charge in [0, 0.05) is 0 Å². The number of hydrogen-bond acceptors (Lipinski definition) is 3. The highest BCUT2D eigenvalue weighted by Crippen LogP contribution is 2.61. The van der Waals surface area contributed by atoms with Crippen LogP contribution in [0.15, 0.2) is 121 Å². The van der Waals surface area contributed by atoms with Crippen LogP contribution in [0.1, 0.15) is 46.4 Å². The number of carbonyl (C=O) groups excluding carboxylic acids is 1. The Labute approximate surface area is 222 Å². The Hall–Kier alpha value is -2.95. The molecule has 2 fully saturated rings. The molecular weight excluding hydrogens is 487 g/mol. The van der Waals surface area contributed by atoms with Crippen molar-refractivity contribution in [1.82, 2.24) is 8.84 Å². The standard InChI is InChI=1S/C31H26Cl2N2O/c32-34-27(21-13-5-1-6-14-21)25-28(22-15-7-2-8-16-22)35(33)30(24-19-11-4-12-20-24)26(31(25)36)29(34)23-17-9-3-10-18-23/h1-20,25-30H. The van der Waals surface area contributed by atoms with Crippen molar-refractivity contribution < 1.29 is 4.79 Å². The van der Waals surface area contributed by atoms with Crippen molar-refractivity contribution in [3.05, 3.63) is 144 Å². The fourth-order valence-corrected chi connectivity index (χ4v) is 7.09. The predicted molar refractivity (Wildman–Crippen MR) is 144 cm³/mol. The molecule has 0 saturated carbocycles. The third-order valence-corrected chi connectivity index (χ3v) is 8.49. The molecule has 4 unspecified atom stereocenters. The number of benzene rings is 4. The number of rotatable bonds is 4. The minimum atomic E-state index is -0.435. The zero-order chi connectivity index (χ0) is 24.6. The van der Waals surface area contributed by atoms with Gasteiger partial charge < -0.3 is 0 Å². The molecule has 2 aliphatic rings. The molecule has 2 bridgehead atoms. The largest absolute Gasteiger partial charge is 0.299 e. The second-order valence-corrected chi connectivity index (χ2v) is 10.3. The molecule has 5 heteroatoms. The first-order valence-corrected chi connectivity index (χ1v) is 13.0. The van der Waals surface area contributed by atoms with Crippen molar-refractivity contribution in [3.8, 4) is 0 Å². The summed E-state index contributed by atoms with van der Waals surface area (Å²) in [6.45, 7) is 0. The van der Waals surface area contributed by atoms with Crippen molar-refractivity contribution in [2.75, 3.05) is 0 Å². The SMILES string of the molecule is O=C1C2C(c3ccccc3)N(Cl)C(c3ccccc3)C1C(c1ccccc1)N(Cl)C2c1ccccc1. The molecule has 0 amide bonds. The number of carbonyl (C=O) groups is 1. The van der Waals surface area contributed by atoms with E-state index in [4.69, 9.17) is 23.6 Å². The van der Waals surface area contributed by atoms with Gasteiger partial charge in [0.05, 0.1) is 36.0 Å². The first-order valence-electron chi connectivity index (χ1n) is 12.3. The third kappa shape index (κ3) is 3.88. The van der Waals surface area contributed by atoms with Gasteiger partial charge in [0.15, 0.2) is 0 Å². The summed E-state index contributed by atoms with van der Waals surface area (Å²) in [4.78, 5) is 14.7. The lowest BCUT2D eigenvalue weighted by Crippen LogP contribution is -2.58. The van der Waals surface area contributed by atoms with Crippen LogP contribution in [0.5, 0.6) is 0 Å². The van der Waals surface area contributed by atoms with Crippen molar-refractivity contribution in [2.24, 2.45) is 11.8 Å². The van der Waals surface area contributed by atoms with Crippen LogP contribution < -0.4 is 0 Å². The highest BCUT2D eigenvalue weighted by molar-refractivity contribution is 6.16. The molecular formula is C31H26Cl2N2O. The van der Waals surface area contributed by atoms with E-state index in [1.807, 2.05) is 81.6 Å². The van der Waals surface area contributed by atoms with Gasteiger partial charge >= 0.3 is 0 Å². The van der Waals surface area contributed by atoms with E-state index in [1.165, 1.54) is 0 Å². The summed E-state index contributed by atoms with van der Waals surface area (Å²) in [5.41, 5.74) is 4.03. The molecule has 4 aromatic carbocycles. The van der Waals surface area contributed by atoms with Crippen LogP contribution in [0, 0.1) is 11.8 Å². The molecule has 6 rings (SSSR count). The number of nitrogens with zero attached hydrogens (tertiary/aromatic N) is 2. The molecule has 0 radical (unpaired) electrons. The van der Waals surface area contributed by atoms with E-state index in [0.717, 1.165) is 22.3 Å². The first-order chi connectivity index (χ1) is 17.7. The van der Waals surface area contributed by atoms with Gasteiger partial charge in [-0.3, -0.25) is 4.79 Å². The number of piperidine rings is 2. The van der Waals surface area contributed by atoms with Gasteiger partial charge in [0.1, 0.15) is 5.78 Å². The zero-order valence-electron chi connectivity index (χ0n) is 19.6. The van der Waals surface area contributed by atoms with Gasteiger partial charge in [-0.15, -0.1) is 0 Å². The fraction of sp³-hybridized carbons (Fsp3) is 0.194. The summed E-state index contributed by atoms with van der Waals surface area (Å²) >= 11 is 14.7. The van der Waals surface area contributed by atoms with Gasteiger partial charge in [-0.05, 0) is 45.8 Å². The number of ketones is 1. The third-order valence-electron chi connectivity index (χ3n) is 7.65. The zero-order valence-corrected chi connectivity index (χ0v) is 21.1. The van der Waals surface area contributed by atoms with Gasteiger partial charge in [-0.1, -0.05) is 121 Å². The van der Waals surface area contributed by atoms with Gasteiger partial charge in [0.25, 0.3) is 0 Å². The Balaban J connectivity index is 1.59. The van der Waals surface area contributed by atoms with Gasteiger partial charge in [-0.2, -0.15) is 0 Å². The molecule has 0 N–H and O–H groups in total. The summed E-state index contributed by atoms with van der Waals surface area (Å²) in [5.74, 6) is -0.668. The maximum atomic E-state index is 14.7. The number of halogens is 2. The van der Waals surface area contributed by atoms with Crippen molar-refractivity contribution in [1.29, 1.82) is 0 Å². The van der Waals surface area contributed by atoms with E-state index < -0.39 is 11.8 Å². The number of fused-ring (bicyclic) bond motifs is 2. The lowest BCUT2D eigenvalue weighted by Gasteiger charge is -2.57. The predicted octanol–water partition coefficient (Wildman–Crippen LogP) is 7.69. The fourth-order valence-electron chi connectivity index (χ4n) is 6.15. The van der Waals surface area contributed by atoms with E-state index in [-0.39, 0.29) is 30.0 Å². The monoisotopic (exact) mass is 512 g/mol. The highest BCUT2D eigenvalue weighted by atomic mass is 35.5. The van der Waals surface area contributed by atoms with Crippen LogP contribution in [0.4, 0.5) is 0 Å². The average molecular weight is 513 g/mol. The van der Waals surface area contributed by atoms with Crippen molar-refractivity contribution >= 4 is 29.3 Å². The summed E-state index contributed by atoms with van der Waals surface area (Å²) < 4.78 is 3.80. The van der Waals surface area contributed by atoms with E-state index in [0.29, 0.717) is 0 Å². The quantitative estimate of drug-likeness (QED) is 0.262. The molecule has 0 aromatic heterocycles. The molecule has 2 heterocycles. The molecule has 4 atom stereocenters. The molecule has 2 saturated heterocycles. The summed E-state index contributed by atoms with van der Waals surface area (Å²) in [5, 5.41) is 0. The Kier molecular flexibility index (Phi) is 6.41. The van der Waals surface area contributed by atoms with Crippen molar-refractivity contribution in [2.45, 2.75) is 24.2 Å². The van der Waals surface area contributed by atoms with Crippen LogP contribution in [0.25, 0.3) is 0 Å². The second-order valence-electron chi connectivity index (χ2n) is 9.56. The Morgan fingerprint density at radius 3 is 0.861 bits per heavy atom. The van der Waals surface area contributed by atoms with E-state index >= 15 is 0 Å². The van der Waals surface area contributed by atoms with E-state index in [2.05, 4.69) is 48.5 Å². The summed E-state index contributed by atoms with van der Waals surface area (Å²) in [6, 6.07) is 39.0. The maximum absolute atomic E-state index is 14.7. The molecule has 180 valence electrons. The molecule has 4 aromatic rings. The molecule has 36 heavy (non-hydrogen) atoms. The molecule has 2 aliphatic heterocycles. The number of Topliss-reactive ketones (excluding diaryl/α,β-unsaturated/α-hetero) is 1. The van der Waals surface area contributed by atoms with E-state index in [9.17, 15) is 4.79 Å². The van der Waals surface area contributed by atoms with Gasteiger partial charge in [-0.25, -0.2) is 8.84 Å². The topological polar surface area (TPSA) is 23.6 Å². The van der Waals surface area contributed by atoms with E-state index in [1.54, 1.807) is 0 Å². The minimum absolute atomic E-state index is 0.203. The molecule has 3 nitrogen and oxygen atoms in total. The van der Waals surface area contributed by atoms with Crippen LogP contribution in [0.3, 0.4) is 0 Å². The second kappa shape index (κ2) is 9.84. The highest BCUT2D eigenvalue weighted by Gasteiger charge is 2.61. The average Bonchev–Trinajstić information content (AvgIpc) is 2.93. The van der Waals surface area contributed by atoms with Crippen molar-refractivity contribution in [3.63, 3.8) is 0 Å². The lowest BCUT2D eigenvalue weighted by molar-refractivity contribution is -0.151.